The van der Waals surface area contributed by atoms with Crippen LogP contribution in [0.1, 0.15) is 5.56 Å². The third-order valence-electron chi connectivity index (χ3n) is 1.51. The Balaban J connectivity index is 0.00000144. The minimum absolute atomic E-state index is 0. The summed E-state index contributed by atoms with van der Waals surface area (Å²) in [5.41, 5.74) is 5.06. The summed E-state index contributed by atoms with van der Waals surface area (Å²) in [4.78, 5) is 9.72. The smallest absolute Gasteiger partial charge is 0.274 e. The van der Waals surface area contributed by atoms with Gasteiger partial charge in [0.25, 0.3) is 5.69 Å². The molecule has 0 radical (unpaired) electrons. The summed E-state index contributed by atoms with van der Waals surface area (Å²) in [6, 6.07) is 2.07. The van der Waals surface area contributed by atoms with Crippen molar-refractivity contribution in [1.82, 2.24) is 0 Å². The maximum Gasteiger partial charge on any atom is 0.274 e. The van der Waals surface area contributed by atoms with Gasteiger partial charge in [0.1, 0.15) is 5.82 Å². The van der Waals surface area contributed by atoms with Crippen molar-refractivity contribution in [2.45, 2.75) is 6.92 Å². The Morgan fingerprint density at radius 2 is 2.08 bits per heavy atom. The van der Waals surface area contributed by atoms with Crippen molar-refractivity contribution in [2.24, 2.45) is 0 Å². The molecule has 1 aromatic rings. The van der Waals surface area contributed by atoms with Gasteiger partial charge < -0.3 is 5.73 Å². The number of nitrogen functional groups attached to an aromatic ring is 1. The molecule has 0 atom stereocenters. The number of aryl methyl sites for hydroxylation is 1. The number of nitrogens with zero attached hydrogens (tertiary/aromatic N) is 1. The van der Waals surface area contributed by atoms with E-state index < -0.39 is 10.7 Å². The molecule has 0 bridgehead atoms. The lowest BCUT2D eigenvalue weighted by Gasteiger charge is -1.99. The van der Waals surface area contributed by atoms with Crippen molar-refractivity contribution in [1.29, 1.82) is 0 Å². The molecule has 0 spiro atoms. The van der Waals surface area contributed by atoms with Gasteiger partial charge in [-0.15, -0.1) is 12.4 Å². The fourth-order valence-electron chi connectivity index (χ4n) is 0.874. The molecule has 0 unspecified atom stereocenters. The van der Waals surface area contributed by atoms with Crippen LogP contribution < -0.4 is 5.73 Å². The normalized spacial score (nSPS) is 9.08. The maximum atomic E-state index is 12.7. The number of halogens is 2. The molecule has 2 N–H and O–H groups in total. The molecule has 0 fully saturated rings. The molecule has 0 aromatic heterocycles. The summed E-state index contributed by atoms with van der Waals surface area (Å²) >= 11 is 0. The Morgan fingerprint density at radius 3 is 2.54 bits per heavy atom. The topological polar surface area (TPSA) is 69.2 Å². The lowest BCUT2D eigenvalue weighted by atomic mass is 10.2. The van der Waals surface area contributed by atoms with Gasteiger partial charge in [0, 0.05) is 11.6 Å². The summed E-state index contributed by atoms with van der Waals surface area (Å²) in [7, 11) is 0. The highest BCUT2D eigenvalue weighted by Crippen LogP contribution is 2.23. The van der Waals surface area contributed by atoms with Crippen LogP contribution in [0.15, 0.2) is 12.1 Å². The van der Waals surface area contributed by atoms with Crippen LogP contribution in [0.3, 0.4) is 0 Å². The summed E-state index contributed by atoms with van der Waals surface area (Å²) in [5, 5.41) is 10.3. The Kier molecular flexibility index (Phi) is 3.62. The van der Waals surface area contributed by atoms with E-state index in [0.717, 1.165) is 12.1 Å². The van der Waals surface area contributed by atoms with Crippen LogP contribution in [-0.2, 0) is 0 Å². The second kappa shape index (κ2) is 4.04. The van der Waals surface area contributed by atoms with E-state index in [4.69, 9.17) is 5.73 Å². The van der Waals surface area contributed by atoms with Crippen molar-refractivity contribution < 1.29 is 9.31 Å². The standard InChI is InChI=1S/C7H7FN2O2.ClH/c1-4-2-5(8)6(9)3-7(4)10(11)12;/h2-3H,9H2,1H3;1H. The molecule has 0 heterocycles. The van der Waals surface area contributed by atoms with Gasteiger partial charge in [-0.25, -0.2) is 4.39 Å². The van der Waals surface area contributed by atoms with Gasteiger partial charge in [-0.3, -0.25) is 10.1 Å². The van der Waals surface area contributed by atoms with Gasteiger partial charge in [-0.1, -0.05) is 0 Å². The molecule has 1 aromatic carbocycles. The Bertz CT molecular complexity index is 344. The highest BCUT2D eigenvalue weighted by molar-refractivity contribution is 5.85. The van der Waals surface area contributed by atoms with Crippen LogP contribution in [0.4, 0.5) is 15.8 Å². The van der Waals surface area contributed by atoms with Gasteiger partial charge >= 0.3 is 0 Å². The molecule has 0 amide bonds. The Morgan fingerprint density at radius 1 is 1.54 bits per heavy atom. The number of rotatable bonds is 1. The van der Waals surface area contributed by atoms with Gasteiger partial charge in [-0.05, 0) is 13.0 Å². The van der Waals surface area contributed by atoms with Gasteiger partial charge in [0.2, 0.25) is 0 Å². The van der Waals surface area contributed by atoms with Gasteiger partial charge in [0.15, 0.2) is 0 Å². The fraction of sp³-hybridized carbons (Fsp3) is 0.143. The molecule has 0 aliphatic carbocycles. The van der Waals surface area contributed by atoms with E-state index in [9.17, 15) is 14.5 Å². The average Bonchev–Trinajstić information content (AvgIpc) is 1.96. The summed E-state index contributed by atoms with van der Waals surface area (Å²) in [5.74, 6) is -0.627. The fourth-order valence-corrected chi connectivity index (χ4v) is 0.874. The molecule has 0 saturated carbocycles. The highest BCUT2D eigenvalue weighted by Gasteiger charge is 2.13. The highest BCUT2D eigenvalue weighted by atomic mass is 35.5. The predicted octanol–water partition coefficient (Wildman–Crippen LogP) is 2.05. The van der Waals surface area contributed by atoms with Crippen LogP contribution in [0.5, 0.6) is 0 Å². The number of nitrogens with two attached hydrogens (primary N) is 1. The van der Waals surface area contributed by atoms with Crippen molar-refractivity contribution in [2.75, 3.05) is 5.73 Å². The molecule has 0 aliphatic rings. The second-order valence-corrected chi connectivity index (χ2v) is 2.42. The van der Waals surface area contributed by atoms with Crippen LogP contribution >= 0.6 is 12.4 Å². The molecular formula is C7H8ClFN2O2. The molecule has 72 valence electrons. The second-order valence-electron chi connectivity index (χ2n) is 2.42. The van der Waals surface area contributed by atoms with Crippen molar-refractivity contribution in [3.63, 3.8) is 0 Å². The zero-order valence-electron chi connectivity index (χ0n) is 6.78. The van der Waals surface area contributed by atoms with Crippen LogP contribution in [0.25, 0.3) is 0 Å². The molecule has 0 saturated heterocycles. The first-order valence-corrected chi connectivity index (χ1v) is 3.22. The number of hydrogen-bond donors (Lipinski definition) is 1. The van der Waals surface area contributed by atoms with E-state index in [1.54, 1.807) is 0 Å². The van der Waals surface area contributed by atoms with Gasteiger partial charge in [-0.2, -0.15) is 0 Å². The van der Waals surface area contributed by atoms with E-state index in [1.807, 2.05) is 0 Å². The maximum absolute atomic E-state index is 12.7. The molecule has 0 aliphatic heterocycles. The van der Waals surface area contributed by atoms with E-state index in [-0.39, 0.29) is 29.3 Å². The minimum Gasteiger partial charge on any atom is -0.396 e. The first-order valence-electron chi connectivity index (χ1n) is 3.22. The number of nitro groups is 1. The number of hydrogen-bond acceptors (Lipinski definition) is 3. The van der Waals surface area contributed by atoms with Crippen molar-refractivity contribution >= 4 is 23.8 Å². The number of benzene rings is 1. The van der Waals surface area contributed by atoms with E-state index in [2.05, 4.69) is 0 Å². The monoisotopic (exact) mass is 206 g/mol. The average molecular weight is 207 g/mol. The summed E-state index contributed by atoms with van der Waals surface area (Å²) in [6.45, 7) is 1.46. The summed E-state index contributed by atoms with van der Waals surface area (Å²) < 4.78 is 12.7. The van der Waals surface area contributed by atoms with Crippen molar-refractivity contribution in [3.05, 3.63) is 33.6 Å². The van der Waals surface area contributed by atoms with E-state index >= 15 is 0 Å². The molecule has 1 rings (SSSR count). The Labute approximate surface area is 80.1 Å². The molecule has 4 nitrogen and oxygen atoms in total. The van der Waals surface area contributed by atoms with E-state index in [0.29, 0.717) is 0 Å². The SMILES string of the molecule is Cc1cc(F)c(N)cc1[N+](=O)[O-].Cl. The quantitative estimate of drug-likeness (QED) is 0.434. The first kappa shape index (κ1) is 11.6. The molecule has 6 heteroatoms. The number of nitro benzene ring substituents is 1. The first-order chi connectivity index (χ1) is 5.52. The zero-order chi connectivity index (χ0) is 9.30. The van der Waals surface area contributed by atoms with Crippen LogP contribution in [0, 0.1) is 22.9 Å². The summed E-state index contributed by atoms with van der Waals surface area (Å²) in [6.07, 6.45) is 0. The lowest BCUT2D eigenvalue weighted by molar-refractivity contribution is -0.385. The van der Waals surface area contributed by atoms with Crippen molar-refractivity contribution in [3.8, 4) is 0 Å². The predicted molar refractivity (Wildman–Crippen MR) is 49.5 cm³/mol. The van der Waals surface area contributed by atoms with Crippen LogP contribution in [0.2, 0.25) is 0 Å². The Hall–Kier alpha value is -1.36. The minimum atomic E-state index is -0.627. The third kappa shape index (κ3) is 2.29. The molecule has 13 heavy (non-hydrogen) atoms. The zero-order valence-corrected chi connectivity index (χ0v) is 7.60. The molecular weight excluding hydrogens is 199 g/mol. The lowest BCUT2D eigenvalue weighted by Crippen LogP contribution is -1.97. The third-order valence-corrected chi connectivity index (χ3v) is 1.51. The van der Waals surface area contributed by atoms with Gasteiger partial charge in [0.05, 0.1) is 10.6 Å². The largest absolute Gasteiger partial charge is 0.396 e. The van der Waals surface area contributed by atoms with E-state index in [1.165, 1.54) is 6.92 Å². The number of anilines is 1. The van der Waals surface area contributed by atoms with Crippen LogP contribution in [-0.4, -0.2) is 4.92 Å².